The van der Waals surface area contributed by atoms with Gasteiger partial charge in [-0.3, -0.25) is 0 Å². The van der Waals surface area contributed by atoms with Gasteiger partial charge in [-0.05, 0) is 22.8 Å². The van der Waals surface area contributed by atoms with Crippen molar-refractivity contribution in [2.45, 2.75) is 5.54 Å². The molecule has 0 saturated carbocycles. The molecule has 1 aromatic heterocycles. The summed E-state index contributed by atoms with van der Waals surface area (Å²) < 4.78 is 2.17. The zero-order valence-electron chi connectivity index (χ0n) is 15.4. The minimum atomic E-state index is -0.563. The van der Waals surface area contributed by atoms with E-state index in [1.54, 1.807) is 0 Å². The van der Waals surface area contributed by atoms with E-state index in [4.69, 9.17) is 5.10 Å². The number of rotatable bonds is 4. The topological polar surface area (TPSA) is 17.8 Å². The molecule has 1 heterocycles. The Morgan fingerprint density at radius 3 is 1.43 bits per heavy atom. The number of benzene rings is 4. The first-order chi connectivity index (χ1) is 13.9. The van der Waals surface area contributed by atoms with Crippen LogP contribution in [0.5, 0.6) is 0 Å². The van der Waals surface area contributed by atoms with E-state index in [1.165, 1.54) is 16.7 Å². The number of nitrogens with zero attached hydrogens (tertiary/aromatic N) is 2. The van der Waals surface area contributed by atoms with Crippen molar-refractivity contribution in [3.05, 3.63) is 138 Å². The molecule has 0 aliphatic heterocycles. The summed E-state index contributed by atoms with van der Waals surface area (Å²) in [4.78, 5) is 0. The van der Waals surface area contributed by atoms with Crippen molar-refractivity contribution >= 4 is 10.9 Å². The number of fused-ring (bicyclic) bond motifs is 1. The fraction of sp³-hybridized carbons (Fsp3) is 0.0385. The van der Waals surface area contributed by atoms with E-state index < -0.39 is 5.54 Å². The Kier molecular flexibility index (Phi) is 4.02. The van der Waals surface area contributed by atoms with Gasteiger partial charge >= 0.3 is 0 Å². The van der Waals surface area contributed by atoms with Crippen molar-refractivity contribution in [3.63, 3.8) is 0 Å². The third kappa shape index (κ3) is 2.46. The minimum absolute atomic E-state index is 0.563. The molecule has 0 aliphatic carbocycles. The molecule has 0 saturated heterocycles. The van der Waals surface area contributed by atoms with Gasteiger partial charge in [0.1, 0.15) is 5.54 Å². The van der Waals surface area contributed by atoms with E-state index in [0.29, 0.717) is 0 Å². The summed E-state index contributed by atoms with van der Waals surface area (Å²) in [6.45, 7) is 0. The Balaban J connectivity index is 1.96. The SMILES string of the molecule is c1ccc(C(c2ccccc2)(c2ccccc2)n2ncc3ccccc32)cc1. The van der Waals surface area contributed by atoms with Crippen LogP contribution in [0.1, 0.15) is 16.7 Å². The van der Waals surface area contributed by atoms with Crippen molar-refractivity contribution in [2.75, 3.05) is 0 Å². The van der Waals surface area contributed by atoms with Gasteiger partial charge in [0.05, 0.1) is 11.7 Å². The third-order valence-corrected chi connectivity index (χ3v) is 5.37. The van der Waals surface area contributed by atoms with Crippen LogP contribution in [0.2, 0.25) is 0 Å². The third-order valence-electron chi connectivity index (χ3n) is 5.37. The van der Waals surface area contributed by atoms with Gasteiger partial charge in [-0.25, -0.2) is 4.68 Å². The lowest BCUT2D eigenvalue weighted by Gasteiger charge is -2.37. The zero-order chi connectivity index (χ0) is 18.8. The van der Waals surface area contributed by atoms with Gasteiger partial charge in [-0.2, -0.15) is 5.10 Å². The molecule has 0 atom stereocenters. The summed E-state index contributed by atoms with van der Waals surface area (Å²) in [7, 11) is 0. The van der Waals surface area contributed by atoms with Crippen molar-refractivity contribution in [3.8, 4) is 0 Å². The molecule has 0 fully saturated rings. The second kappa shape index (κ2) is 6.82. The minimum Gasteiger partial charge on any atom is -0.245 e. The van der Waals surface area contributed by atoms with E-state index in [9.17, 15) is 0 Å². The number of hydrogen-bond donors (Lipinski definition) is 0. The summed E-state index contributed by atoms with van der Waals surface area (Å²) in [6, 6.07) is 40.3. The lowest BCUT2D eigenvalue weighted by atomic mass is 9.77. The van der Waals surface area contributed by atoms with Gasteiger partial charge in [0.2, 0.25) is 0 Å². The monoisotopic (exact) mass is 360 g/mol. The van der Waals surface area contributed by atoms with Crippen LogP contribution in [-0.4, -0.2) is 9.78 Å². The van der Waals surface area contributed by atoms with Crippen LogP contribution < -0.4 is 0 Å². The molecule has 0 aliphatic rings. The van der Waals surface area contributed by atoms with Crippen LogP contribution in [0.15, 0.2) is 121 Å². The highest BCUT2D eigenvalue weighted by molar-refractivity contribution is 5.79. The van der Waals surface area contributed by atoms with E-state index in [2.05, 4.69) is 120 Å². The Hall–Kier alpha value is -3.65. The Labute approximate surface area is 164 Å². The van der Waals surface area contributed by atoms with E-state index in [1.807, 2.05) is 6.20 Å². The Morgan fingerprint density at radius 1 is 0.500 bits per heavy atom. The van der Waals surface area contributed by atoms with Crippen LogP contribution in [0.3, 0.4) is 0 Å². The highest BCUT2D eigenvalue weighted by atomic mass is 15.3. The molecule has 5 rings (SSSR count). The smallest absolute Gasteiger partial charge is 0.138 e. The fourth-order valence-electron chi connectivity index (χ4n) is 4.14. The van der Waals surface area contributed by atoms with Crippen LogP contribution in [0.25, 0.3) is 10.9 Å². The average Bonchev–Trinajstić information content (AvgIpc) is 3.21. The first-order valence-corrected chi connectivity index (χ1v) is 9.50. The molecule has 0 spiro atoms. The van der Waals surface area contributed by atoms with Gasteiger partial charge in [0.15, 0.2) is 0 Å². The summed E-state index contributed by atoms with van der Waals surface area (Å²) in [5.41, 5.74) is 4.09. The van der Waals surface area contributed by atoms with Gasteiger partial charge < -0.3 is 0 Å². The molecule has 0 amide bonds. The standard InChI is InChI=1S/C26H20N2/c1-4-13-22(14-5-1)26(23-15-6-2-7-16-23,24-17-8-3-9-18-24)28-25-19-11-10-12-21(25)20-27-28/h1-20H. The van der Waals surface area contributed by atoms with Gasteiger partial charge in [0, 0.05) is 5.39 Å². The van der Waals surface area contributed by atoms with Crippen molar-refractivity contribution in [1.29, 1.82) is 0 Å². The maximum absolute atomic E-state index is 4.91. The summed E-state index contributed by atoms with van der Waals surface area (Å²) >= 11 is 0. The normalized spacial score (nSPS) is 11.6. The number of aromatic nitrogens is 2. The first kappa shape index (κ1) is 16.5. The van der Waals surface area contributed by atoms with Crippen LogP contribution >= 0.6 is 0 Å². The molecular weight excluding hydrogens is 340 g/mol. The second-order valence-electron chi connectivity index (χ2n) is 6.92. The van der Waals surface area contributed by atoms with Crippen LogP contribution in [0.4, 0.5) is 0 Å². The predicted octanol–water partition coefficient (Wildman–Crippen LogP) is 5.88. The number of hydrogen-bond acceptors (Lipinski definition) is 1. The van der Waals surface area contributed by atoms with Crippen molar-refractivity contribution in [1.82, 2.24) is 9.78 Å². The van der Waals surface area contributed by atoms with Crippen molar-refractivity contribution < 1.29 is 0 Å². The molecule has 0 N–H and O–H groups in total. The summed E-state index contributed by atoms with van der Waals surface area (Å²) in [5.74, 6) is 0. The van der Waals surface area contributed by atoms with Gasteiger partial charge in [0.25, 0.3) is 0 Å². The number of para-hydroxylation sites is 1. The average molecular weight is 360 g/mol. The highest BCUT2D eigenvalue weighted by Gasteiger charge is 2.39. The quantitative estimate of drug-likeness (QED) is 0.366. The van der Waals surface area contributed by atoms with E-state index in [-0.39, 0.29) is 0 Å². The molecule has 4 aromatic carbocycles. The summed E-state index contributed by atoms with van der Waals surface area (Å²) in [5, 5.41) is 6.05. The maximum Gasteiger partial charge on any atom is 0.138 e. The van der Waals surface area contributed by atoms with Gasteiger partial charge in [-0.15, -0.1) is 0 Å². The zero-order valence-corrected chi connectivity index (χ0v) is 15.4. The molecule has 28 heavy (non-hydrogen) atoms. The van der Waals surface area contributed by atoms with E-state index >= 15 is 0 Å². The molecule has 0 radical (unpaired) electrons. The van der Waals surface area contributed by atoms with Crippen LogP contribution in [-0.2, 0) is 5.54 Å². The Morgan fingerprint density at radius 2 is 0.929 bits per heavy atom. The summed E-state index contributed by atoms with van der Waals surface area (Å²) in [6.07, 6.45) is 1.96. The van der Waals surface area contributed by atoms with Crippen LogP contribution in [0, 0.1) is 0 Å². The highest BCUT2D eigenvalue weighted by Crippen LogP contribution is 2.41. The molecule has 0 bridgehead atoms. The molecule has 2 heteroatoms. The van der Waals surface area contributed by atoms with Gasteiger partial charge in [-0.1, -0.05) is 109 Å². The molecule has 2 nitrogen and oxygen atoms in total. The predicted molar refractivity (Wildman–Crippen MR) is 114 cm³/mol. The molecule has 0 unspecified atom stereocenters. The lowest BCUT2D eigenvalue weighted by Crippen LogP contribution is -2.38. The first-order valence-electron chi connectivity index (χ1n) is 9.50. The molecular formula is C26H20N2. The maximum atomic E-state index is 4.91. The van der Waals surface area contributed by atoms with Crippen molar-refractivity contribution in [2.24, 2.45) is 0 Å². The Bertz CT molecular complexity index is 1100. The lowest BCUT2D eigenvalue weighted by molar-refractivity contribution is 0.476. The largest absolute Gasteiger partial charge is 0.245 e. The molecule has 134 valence electrons. The fourth-order valence-corrected chi connectivity index (χ4v) is 4.14. The second-order valence-corrected chi connectivity index (χ2v) is 6.92. The van der Waals surface area contributed by atoms with E-state index in [0.717, 1.165) is 10.9 Å². The molecule has 5 aromatic rings.